The standard InChI is InChI=1S/C12H15N5O2/c1-7-6-15-12(19-7)8(2)16-11(18)9-3-4-14-10(5-9)17-13/h3-6,8H,13H2,1-2H3,(H,14,17)(H,16,18). The van der Waals surface area contributed by atoms with Gasteiger partial charge >= 0.3 is 0 Å². The van der Waals surface area contributed by atoms with E-state index in [0.29, 0.717) is 23.0 Å². The summed E-state index contributed by atoms with van der Waals surface area (Å²) in [4.78, 5) is 20.0. The van der Waals surface area contributed by atoms with Gasteiger partial charge in [-0.15, -0.1) is 0 Å². The Bertz CT molecular complexity index is 581. The number of aryl methyl sites for hydroxylation is 1. The number of rotatable bonds is 4. The van der Waals surface area contributed by atoms with E-state index in [0.717, 1.165) is 0 Å². The van der Waals surface area contributed by atoms with Crippen molar-refractivity contribution in [2.75, 3.05) is 5.43 Å². The first-order valence-electron chi connectivity index (χ1n) is 5.76. The van der Waals surface area contributed by atoms with Gasteiger partial charge in [0.2, 0.25) is 5.89 Å². The molecule has 1 unspecified atom stereocenters. The normalized spacial score (nSPS) is 11.9. The number of nitrogens with two attached hydrogens (primary N) is 1. The molecule has 4 N–H and O–H groups in total. The van der Waals surface area contributed by atoms with Gasteiger partial charge in [0.05, 0.1) is 6.20 Å². The van der Waals surface area contributed by atoms with Crippen LogP contribution in [0.15, 0.2) is 28.9 Å². The molecule has 0 bridgehead atoms. The summed E-state index contributed by atoms with van der Waals surface area (Å²) in [7, 11) is 0. The summed E-state index contributed by atoms with van der Waals surface area (Å²) >= 11 is 0. The fraction of sp³-hybridized carbons (Fsp3) is 0.250. The predicted octanol–water partition coefficient (Wildman–Crippen LogP) is 1.15. The smallest absolute Gasteiger partial charge is 0.252 e. The van der Waals surface area contributed by atoms with Gasteiger partial charge in [-0.2, -0.15) is 0 Å². The topological polar surface area (TPSA) is 106 Å². The maximum atomic E-state index is 12.0. The number of aromatic nitrogens is 2. The quantitative estimate of drug-likeness (QED) is 0.563. The molecule has 7 heteroatoms. The lowest BCUT2D eigenvalue weighted by Crippen LogP contribution is -2.27. The van der Waals surface area contributed by atoms with Crippen LogP contribution in [0.5, 0.6) is 0 Å². The van der Waals surface area contributed by atoms with Crippen molar-refractivity contribution < 1.29 is 9.21 Å². The average Bonchev–Trinajstić information content (AvgIpc) is 2.85. The molecule has 2 aromatic heterocycles. The van der Waals surface area contributed by atoms with Crippen molar-refractivity contribution in [3.63, 3.8) is 0 Å². The molecule has 1 atom stereocenters. The van der Waals surface area contributed by atoms with Crippen LogP contribution in [0.2, 0.25) is 0 Å². The maximum Gasteiger partial charge on any atom is 0.252 e. The van der Waals surface area contributed by atoms with Crippen LogP contribution < -0.4 is 16.6 Å². The Kier molecular flexibility index (Phi) is 3.76. The van der Waals surface area contributed by atoms with Crippen LogP contribution in [0.25, 0.3) is 0 Å². The molecule has 0 saturated heterocycles. The van der Waals surface area contributed by atoms with E-state index in [1.54, 1.807) is 32.2 Å². The van der Waals surface area contributed by atoms with Crippen LogP contribution in [-0.2, 0) is 0 Å². The molecule has 100 valence electrons. The average molecular weight is 261 g/mol. The van der Waals surface area contributed by atoms with Gasteiger partial charge in [-0.25, -0.2) is 15.8 Å². The minimum Gasteiger partial charge on any atom is -0.444 e. The number of nitrogens with one attached hydrogen (secondary N) is 2. The van der Waals surface area contributed by atoms with E-state index in [1.165, 1.54) is 6.20 Å². The molecule has 0 saturated carbocycles. The van der Waals surface area contributed by atoms with E-state index in [9.17, 15) is 4.79 Å². The molecule has 0 aliphatic carbocycles. The zero-order valence-electron chi connectivity index (χ0n) is 10.7. The van der Waals surface area contributed by atoms with Gasteiger partial charge in [-0.05, 0) is 26.0 Å². The van der Waals surface area contributed by atoms with E-state index in [2.05, 4.69) is 20.7 Å². The monoisotopic (exact) mass is 261 g/mol. The van der Waals surface area contributed by atoms with Gasteiger partial charge < -0.3 is 15.2 Å². The second-order valence-corrected chi connectivity index (χ2v) is 4.08. The van der Waals surface area contributed by atoms with Crippen molar-refractivity contribution in [2.24, 2.45) is 5.84 Å². The highest BCUT2D eigenvalue weighted by Gasteiger charge is 2.15. The van der Waals surface area contributed by atoms with E-state index < -0.39 is 0 Å². The third kappa shape index (κ3) is 3.08. The Morgan fingerprint density at radius 1 is 1.47 bits per heavy atom. The van der Waals surface area contributed by atoms with Crippen LogP contribution in [0, 0.1) is 6.92 Å². The predicted molar refractivity (Wildman–Crippen MR) is 69.2 cm³/mol. The number of hydrazine groups is 1. The molecule has 0 aliphatic heterocycles. The highest BCUT2D eigenvalue weighted by atomic mass is 16.4. The number of hydrogen-bond acceptors (Lipinski definition) is 6. The number of anilines is 1. The Balaban J connectivity index is 2.08. The van der Waals surface area contributed by atoms with E-state index in [1.807, 2.05) is 0 Å². The summed E-state index contributed by atoms with van der Waals surface area (Å²) < 4.78 is 5.36. The first-order chi connectivity index (χ1) is 9.10. The van der Waals surface area contributed by atoms with E-state index in [-0.39, 0.29) is 11.9 Å². The van der Waals surface area contributed by atoms with Crippen molar-refractivity contribution in [3.8, 4) is 0 Å². The van der Waals surface area contributed by atoms with Crippen molar-refractivity contribution in [2.45, 2.75) is 19.9 Å². The van der Waals surface area contributed by atoms with Crippen molar-refractivity contribution in [3.05, 3.63) is 41.7 Å². The van der Waals surface area contributed by atoms with Crippen LogP contribution >= 0.6 is 0 Å². The SMILES string of the molecule is Cc1cnc(C(C)NC(=O)c2ccnc(NN)c2)o1. The minimum atomic E-state index is -0.316. The number of pyridine rings is 1. The molecule has 1 amide bonds. The lowest BCUT2D eigenvalue weighted by Gasteiger charge is -2.10. The minimum absolute atomic E-state index is 0.248. The van der Waals surface area contributed by atoms with Crippen molar-refractivity contribution in [1.29, 1.82) is 0 Å². The third-order valence-electron chi connectivity index (χ3n) is 2.53. The first kappa shape index (κ1) is 13.0. The fourth-order valence-corrected chi connectivity index (χ4v) is 1.56. The lowest BCUT2D eigenvalue weighted by molar-refractivity contribution is 0.0934. The summed E-state index contributed by atoms with van der Waals surface area (Å²) in [6.45, 7) is 3.60. The summed E-state index contributed by atoms with van der Waals surface area (Å²) in [5.74, 6) is 6.59. The van der Waals surface area contributed by atoms with Crippen LogP contribution in [-0.4, -0.2) is 15.9 Å². The molecule has 0 radical (unpaired) electrons. The van der Waals surface area contributed by atoms with Crippen LogP contribution in [0.4, 0.5) is 5.82 Å². The number of amides is 1. The summed E-state index contributed by atoms with van der Waals surface area (Å²) in [5.41, 5.74) is 2.85. The fourth-order valence-electron chi connectivity index (χ4n) is 1.56. The van der Waals surface area contributed by atoms with Crippen molar-refractivity contribution >= 4 is 11.7 Å². The van der Waals surface area contributed by atoms with Gasteiger partial charge in [0, 0.05) is 11.8 Å². The molecule has 0 spiro atoms. The number of carbonyl (C=O) groups is 1. The Morgan fingerprint density at radius 2 is 2.26 bits per heavy atom. The number of nitrogens with zero attached hydrogens (tertiary/aromatic N) is 2. The highest BCUT2D eigenvalue weighted by molar-refractivity contribution is 5.94. The van der Waals surface area contributed by atoms with Gasteiger partial charge in [0.15, 0.2) is 0 Å². The summed E-state index contributed by atoms with van der Waals surface area (Å²) in [5, 5.41) is 2.79. The molecular formula is C12H15N5O2. The Hall–Kier alpha value is -2.41. The molecule has 0 aliphatic rings. The number of oxazole rings is 1. The van der Waals surface area contributed by atoms with Gasteiger partial charge in [0.25, 0.3) is 5.91 Å². The Morgan fingerprint density at radius 3 is 2.89 bits per heavy atom. The number of nitrogen functional groups attached to an aromatic ring is 1. The van der Waals surface area contributed by atoms with Gasteiger partial charge in [-0.1, -0.05) is 0 Å². The van der Waals surface area contributed by atoms with E-state index in [4.69, 9.17) is 10.3 Å². The molecule has 0 fully saturated rings. The third-order valence-corrected chi connectivity index (χ3v) is 2.53. The van der Waals surface area contributed by atoms with Crippen LogP contribution in [0.1, 0.15) is 35.0 Å². The van der Waals surface area contributed by atoms with E-state index >= 15 is 0 Å². The number of carbonyl (C=O) groups excluding carboxylic acids is 1. The highest BCUT2D eigenvalue weighted by Crippen LogP contribution is 2.13. The number of hydrogen-bond donors (Lipinski definition) is 3. The van der Waals surface area contributed by atoms with Crippen LogP contribution in [0.3, 0.4) is 0 Å². The lowest BCUT2D eigenvalue weighted by atomic mass is 10.2. The second kappa shape index (κ2) is 5.49. The zero-order valence-corrected chi connectivity index (χ0v) is 10.7. The largest absolute Gasteiger partial charge is 0.444 e. The van der Waals surface area contributed by atoms with Crippen molar-refractivity contribution in [1.82, 2.24) is 15.3 Å². The summed E-state index contributed by atoms with van der Waals surface area (Å²) in [6.07, 6.45) is 3.12. The molecular weight excluding hydrogens is 246 g/mol. The second-order valence-electron chi connectivity index (χ2n) is 4.08. The molecule has 2 aromatic rings. The molecule has 7 nitrogen and oxygen atoms in total. The Labute approximate surface area is 110 Å². The molecule has 2 rings (SSSR count). The zero-order chi connectivity index (χ0) is 13.8. The van der Waals surface area contributed by atoms with Gasteiger partial charge in [-0.3, -0.25) is 4.79 Å². The molecule has 0 aromatic carbocycles. The molecule has 19 heavy (non-hydrogen) atoms. The molecule has 2 heterocycles. The first-order valence-corrected chi connectivity index (χ1v) is 5.76. The maximum absolute atomic E-state index is 12.0. The van der Waals surface area contributed by atoms with Gasteiger partial charge in [0.1, 0.15) is 17.6 Å². The summed E-state index contributed by atoms with van der Waals surface area (Å²) in [6, 6.07) is 2.84.